The third-order valence-electron chi connectivity index (χ3n) is 11.3. The Kier molecular flexibility index (Phi) is 6.92. The van der Waals surface area contributed by atoms with E-state index >= 15 is 0 Å². The van der Waals surface area contributed by atoms with Gasteiger partial charge in [-0.15, -0.1) is 0 Å². The molecular formula is C46H43BN2. The summed E-state index contributed by atoms with van der Waals surface area (Å²) in [5.74, 6) is 0. The topological polar surface area (TPSA) is 6.48 Å². The minimum absolute atomic E-state index is 0.122. The zero-order valence-electron chi connectivity index (χ0n) is 29.6. The summed E-state index contributed by atoms with van der Waals surface area (Å²) in [6.07, 6.45) is 4.87. The van der Waals surface area contributed by atoms with Gasteiger partial charge in [0.15, 0.2) is 0 Å². The fraction of sp³-hybridized carbons (Fsp3) is 0.217. The van der Waals surface area contributed by atoms with Gasteiger partial charge < -0.3 is 9.80 Å². The van der Waals surface area contributed by atoms with Crippen LogP contribution < -0.4 is 26.2 Å². The number of hydrogen-bond donors (Lipinski definition) is 0. The van der Waals surface area contributed by atoms with Crippen LogP contribution in [0, 0.1) is 41.5 Å². The molecule has 0 bridgehead atoms. The van der Waals surface area contributed by atoms with Gasteiger partial charge in [-0.1, -0.05) is 90.0 Å². The van der Waals surface area contributed by atoms with E-state index in [2.05, 4.69) is 154 Å². The Morgan fingerprint density at radius 3 is 1.57 bits per heavy atom. The summed E-state index contributed by atoms with van der Waals surface area (Å²) in [7, 11) is 0. The number of fused-ring (bicyclic) bond motifs is 5. The SMILES string of the molecule is Cc1cc(C)c(N2c3ccc(-c4ccccc4)cc3B3c4cc5c(cc4N(c4c(C)cc(C)cc4C)c4cccc2c43)CCCC5)c(C)c1. The average Bonchev–Trinajstić information content (AvgIpc) is 3.08. The molecule has 240 valence electrons. The van der Waals surface area contributed by atoms with Crippen LogP contribution in [-0.2, 0) is 12.8 Å². The standard InChI is InChI=1S/C46H43BN2/c1-28-21-30(3)45(31(4)22-28)48-40-20-19-37(34-13-8-7-9-14-34)26-38(40)47-39-25-35-15-10-11-16-36(35)27-43(39)49(42-18-12-17-41(48)44(42)47)46-32(5)23-29(2)24-33(46)6/h7-9,12-14,17-27H,10-11,15-16H2,1-6H3. The Bertz CT molecular complexity index is 2270. The highest BCUT2D eigenvalue weighted by atomic mass is 15.2. The molecule has 0 aromatic heterocycles. The molecule has 2 aliphatic heterocycles. The summed E-state index contributed by atoms with van der Waals surface area (Å²) in [5, 5.41) is 0. The molecule has 9 rings (SSSR count). The van der Waals surface area contributed by atoms with Crippen molar-refractivity contribution in [2.45, 2.75) is 67.2 Å². The number of rotatable bonds is 3. The number of aryl methyl sites for hydroxylation is 8. The van der Waals surface area contributed by atoms with Crippen LogP contribution >= 0.6 is 0 Å². The largest absolute Gasteiger partial charge is 0.311 e. The maximum Gasteiger partial charge on any atom is 0.252 e. The average molecular weight is 635 g/mol. The van der Waals surface area contributed by atoms with Gasteiger partial charge in [0, 0.05) is 22.7 Å². The van der Waals surface area contributed by atoms with Crippen LogP contribution in [0.2, 0.25) is 0 Å². The Morgan fingerprint density at radius 1 is 0.449 bits per heavy atom. The molecule has 0 saturated carbocycles. The molecular weight excluding hydrogens is 591 g/mol. The van der Waals surface area contributed by atoms with E-state index in [1.807, 2.05) is 0 Å². The Labute approximate surface area is 292 Å². The molecule has 2 heterocycles. The van der Waals surface area contributed by atoms with Gasteiger partial charge in [-0.25, -0.2) is 0 Å². The van der Waals surface area contributed by atoms with E-state index in [-0.39, 0.29) is 6.71 Å². The molecule has 1 aliphatic carbocycles. The maximum atomic E-state index is 2.63. The smallest absolute Gasteiger partial charge is 0.252 e. The van der Waals surface area contributed by atoms with Crippen molar-refractivity contribution < 1.29 is 0 Å². The van der Waals surface area contributed by atoms with E-state index < -0.39 is 0 Å². The molecule has 0 fully saturated rings. The lowest BCUT2D eigenvalue weighted by Gasteiger charge is -2.45. The van der Waals surface area contributed by atoms with Crippen molar-refractivity contribution >= 4 is 57.2 Å². The number of anilines is 6. The lowest BCUT2D eigenvalue weighted by atomic mass is 9.33. The molecule has 3 aliphatic rings. The van der Waals surface area contributed by atoms with Crippen LogP contribution in [0.3, 0.4) is 0 Å². The third kappa shape index (κ3) is 4.62. The Hall–Kier alpha value is -5.02. The van der Waals surface area contributed by atoms with Crippen LogP contribution in [-0.4, -0.2) is 6.71 Å². The predicted octanol–water partition coefficient (Wildman–Crippen LogP) is 10.2. The first-order chi connectivity index (χ1) is 23.8. The summed E-state index contributed by atoms with van der Waals surface area (Å²) in [5.41, 5.74) is 25.5. The second-order valence-electron chi connectivity index (χ2n) is 14.8. The van der Waals surface area contributed by atoms with Gasteiger partial charge in [-0.3, -0.25) is 0 Å². The molecule has 2 nitrogen and oxygen atoms in total. The van der Waals surface area contributed by atoms with Crippen molar-refractivity contribution in [1.82, 2.24) is 0 Å². The fourth-order valence-corrected chi connectivity index (χ4v) is 9.51. The van der Waals surface area contributed by atoms with Gasteiger partial charge in [0.2, 0.25) is 0 Å². The lowest BCUT2D eigenvalue weighted by molar-refractivity contribution is 0.686. The monoisotopic (exact) mass is 634 g/mol. The van der Waals surface area contributed by atoms with E-state index in [0.29, 0.717) is 0 Å². The number of nitrogens with zero attached hydrogens (tertiary/aromatic N) is 2. The van der Waals surface area contributed by atoms with Gasteiger partial charge in [-0.05, 0) is 152 Å². The highest BCUT2D eigenvalue weighted by molar-refractivity contribution is 7.00. The molecule has 0 radical (unpaired) electrons. The molecule has 0 amide bonds. The Balaban J connectivity index is 1.41. The summed E-state index contributed by atoms with van der Waals surface area (Å²) in [4.78, 5) is 5.21. The van der Waals surface area contributed by atoms with Gasteiger partial charge >= 0.3 is 0 Å². The molecule has 0 saturated heterocycles. The number of hydrogen-bond acceptors (Lipinski definition) is 2. The van der Waals surface area contributed by atoms with Gasteiger partial charge in [0.1, 0.15) is 0 Å². The van der Waals surface area contributed by atoms with Crippen molar-refractivity contribution in [2.24, 2.45) is 0 Å². The van der Waals surface area contributed by atoms with E-state index in [0.717, 1.165) is 12.8 Å². The highest BCUT2D eigenvalue weighted by Crippen LogP contribution is 2.47. The quantitative estimate of drug-likeness (QED) is 0.179. The van der Waals surface area contributed by atoms with E-state index in [1.165, 1.54) is 119 Å². The molecule has 49 heavy (non-hydrogen) atoms. The van der Waals surface area contributed by atoms with Gasteiger partial charge in [-0.2, -0.15) is 0 Å². The second kappa shape index (κ2) is 11.3. The Morgan fingerprint density at radius 2 is 0.980 bits per heavy atom. The molecule has 0 N–H and O–H groups in total. The third-order valence-corrected chi connectivity index (χ3v) is 11.3. The first-order valence-electron chi connectivity index (χ1n) is 18.0. The van der Waals surface area contributed by atoms with E-state index in [4.69, 9.17) is 0 Å². The second-order valence-corrected chi connectivity index (χ2v) is 14.8. The maximum absolute atomic E-state index is 2.63. The molecule has 0 spiro atoms. The van der Waals surface area contributed by atoms with Gasteiger partial charge in [0.05, 0.1) is 11.4 Å². The molecule has 6 aromatic carbocycles. The van der Waals surface area contributed by atoms with Crippen LogP contribution in [0.5, 0.6) is 0 Å². The van der Waals surface area contributed by atoms with E-state index in [1.54, 1.807) is 0 Å². The van der Waals surface area contributed by atoms with E-state index in [9.17, 15) is 0 Å². The number of benzene rings is 6. The molecule has 0 unspecified atom stereocenters. The minimum atomic E-state index is 0.122. The van der Waals surface area contributed by atoms with Crippen molar-refractivity contribution in [1.29, 1.82) is 0 Å². The van der Waals surface area contributed by atoms with Crippen molar-refractivity contribution in [3.8, 4) is 11.1 Å². The summed E-state index contributed by atoms with van der Waals surface area (Å²) in [6, 6.07) is 39.7. The van der Waals surface area contributed by atoms with Crippen molar-refractivity contribution in [2.75, 3.05) is 9.80 Å². The van der Waals surface area contributed by atoms with Crippen LogP contribution in [0.4, 0.5) is 34.1 Å². The zero-order chi connectivity index (χ0) is 33.6. The summed E-state index contributed by atoms with van der Waals surface area (Å²) < 4.78 is 0. The predicted molar refractivity (Wildman–Crippen MR) is 211 cm³/mol. The highest BCUT2D eigenvalue weighted by Gasteiger charge is 2.44. The first-order valence-corrected chi connectivity index (χ1v) is 18.0. The lowest BCUT2D eigenvalue weighted by Crippen LogP contribution is -2.61. The molecule has 6 aromatic rings. The van der Waals surface area contributed by atoms with Crippen molar-refractivity contribution in [3.63, 3.8) is 0 Å². The molecule has 3 heteroatoms. The van der Waals surface area contributed by atoms with Crippen LogP contribution in [0.15, 0.2) is 103 Å². The normalized spacial score (nSPS) is 14.3. The summed E-state index contributed by atoms with van der Waals surface area (Å²) in [6.45, 7) is 13.7. The van der Waals surface area contributed by atoms with Crippen LogP contribution in [0.1, 0.15) is 57.3 Å². The molecule has 0 atom stereocenters. The zero-order valence-corrected chi connectivity index (χ0v) is 29.6. The van der Waals surface area contributed by atoms with Crippen LogP contribution in [0.25, 0.3) is 11.1 Å². The summed E-state index contributed by atoms with van der Waals surface area (Å²) >= 11 is 0. The van der Waals surface area contributed by atoms with Crippen molar-refractivity contribution in [3.05, 3.63) is 148 Å². The minimum Gasteiger partial charge on any atom is -0.311 e. The first kappa shape index (κ1) is 30.1. The fourth-order valence-electron chi connectivity index (χ4n) is 9.51. The van der Waals surface area contributed by atoms with Gasteiger partial charge in [0.25, 0.3) is 6.71 Å².